The van der Waals surface area contributed by atoms with Crippen molar-refractivity contribution in [3.8, 4) is 0 Å². The van der Waals surface area contributed by atoms with Gasteiger partial charge in [0.1, 0.15) is 6.61 Å². The second-order valence-electron chi connectivity index (χ2n) is 5.14. The topological polar surface area (TPSA) is 60.5 Å². The Morgan fingerprint density at radius 1 is 1.33 bits per heavy atom. The molecule has 1 aromatic carbocycles. The minimum absolute atomic E-state index is 0.217. The highest BCUT2D eigenvalue weighted by molar-refractivity contribution is 5.55. The van der Waals surface area contributed by atoms with E-state index in [2.05, 4.69) is 34.3 Å². The largest absolute Gasteiger partial charge is 0.437 e. The van der Waals surface area contributed by atoms with Crippen molar-refractivity contribution in [2.45, 2.75) is 26.0 Å². The van der Waals surface area contributed by atoms with E-state index < -0.39 is 5.76 Å². The average Bonchev–Trinajstić information content (AvgIpc) is 2.85. The number of fused-ring (bicyclic) bond motifs is 1. The highest BCUT2D eigenvalue weighted by atomic mass is 16.5. The van der Waals surface area contributed by atoms with Crippen LogP contribution in [0.25, 0.3) is 0 Å². The maximum atomic E-state index is 11.7. The standard InChI is InChI=1S/C15H19N3O3/c1-20-11-14-16-18(15(19)21-14)10-9-17-8-4-6-12-5-2-3-7-13(12)17/h2-3,5,7H,4,6,8-11H2,1H3. The maximum absolute atomic E-state index is 11.7. The predicted octanol–water partition coefficient (Wildman–Crippen LogP) is 1.44. The molecule has 3 rings (SSSR count). The van der Waals surface area contributed by atoms with Gasteiger partial charge in [-0.1, -0.05) is 18.2 Å². The number of aromatic nitrogens is 2. The molecule has 2 aromatic rings. The number of rotatable bonds is 5. The molecule has 0 saturated heterocycles. The lowest BCUT2D eigenvalue weighted by Crippen LogP contribution is -2.34. The molecule has 21 heavy (non-hydrogen) atoms. The van der Waals surface area contributed by atoms with Crippen LogP contribution < -0.4 is 10.7 Å². The molecule has 6 nitrogen and oxygen atoms in total. The van der Waals surface area contributed by atoms with Gasteiger partial charge in [0.25, 0.3) is 0 Å². The summed E-state index contributed by atoms with van der Waals surface area (Å²) < 4.78 is 11.3. The summed E-state index contributed by atoms with van der Waals surface area (Å²) in [6, 6.07) is 8.43. The van der Waals surface area contributed by atoms with Crippen molar-refractivity contribution < 1.29 is 9.15 Å². The number of ether oxygens (including phenoxy) is 1. The number of nitrogens with zero attached hydrogens (tertiary/aromatic N) is 3. The number of anilines is 1. The first kappa shape index (κ1) is 13.9. The molecule has 0 bridgehead atoms. The Morgan fingerprint density at radius 2 is 2.19 bits per heavy atom. The number of para-hydroxylation sites is 1. The fourth-order valence-corrected chi connectivity index (χ4v) is 2.73. The van der Waals surface area contributed by atoms with Gasteiger partial charge in [-0.15, -0.1) is 5.10 Å². The van der Waals surface area contributed by atoms with E-state index >= 15 is 0 Å². The summed E-state index contributed by atoms with van der Waals surface area (Å²) in [5, 5.41) is 4.13. The zero-order valence-electron chi connectivity index (χ0n) is 12.1. The van der Waals surface area contributed by atoms with Crippen molar-refractivity contribution in [3.05, 3.63) is 46.3 Å². The predicted molar refractivity (Wildman–Crippen MR) is 78.5 cm³/mol. The Bertz CT molecular complexity index is 662. The normalized spacial score (nSPS) is 14.2. The van der Waals surface area contributed by atoms with Crippen molar-refractivity contribution >= 4 is 5.69 Å². The van der Waals surface area contributed by atoms with E-state index in [1.165, 1.54) is 15.9 Å². The number of hydrogen-bond donors (Lipinski definition) is 0. The minimum atomic E-state index is -0.424. The van der Waals surface area contributed by atoms with Crippen LogP contribution in [0, 0.1) is 0 Å². The molecular weight excluding hydrogens is 270 g/mol. The fourth-order valence-electron chi connectivity index (χ4n) is 2.73. The molecule has 0 radical (unpaired) electrons. The Morgan fingerprint density at radius 3 is 3.05 bits per heavy atom. The monoisotopic (exact) mass is 289 g/mol. The first-order valence-corrected chi connectivity index (χ1v) is 7.16. The molecule has 6 heteroatoms. The third-order valence-electron chi connectivity index (χ3n) is 3.70. The van der Waals surface area contributed by atoms with Gasteiger partial charge < -0.3 is 14.1 Å². The van der Waals surface area contributed by atoms with Crippen molar-refractivity contribution in [2.24, 2.45) is 0 Å². The fraction of sp³-hybridized carbons (Fsp3) is 0.467. The Balaban J connectivity index is 1.70. The summed E-state index contributed by atoms with van der Waals surface area (Å²) in [6.07, 6.45) is 2.26. The zero-order valence-corrected chi connectivity index (χ0v) is 12.1. The summed E-state index contributed by atoms with van der Waals surface area (Å²) in [6.45, 7) is 2.49. The maximum Gasteiger partial charge on any atom is 0.437 e. The van der Waals surface area contributed by atoms with Crippen LogP contribution in [0.3, 0.4) is 0 Å². The van der Waals surface area contributed by atoms with Gasteiger partial charge in [0, 0.05) is 25.9 Å². The van der Waals surface area contributed by atoms with Crippen molar-refractivity contribution in [3.63, 3.8) is 0 Å². The number of benzene rings is 1. The van der Waals surface area contributed by atoms with Crippen LogP contribution >= 0.6 is 0 Å². The summed E-state index contributed by atoms with van der Waals surface area (Å²) in [7, 11) is 1.55. The lowest BCUT2D eigenvalue weighted by molar-refractivity contribution is 0.158. The van der Waals surface area contributed by atoms with Gasteiger partial charge >= 0.3 is 5.76 Å². The van der Waals surface area contributed by atoms with Crippen LogP contribution in [0.4, 0.5) is 5.69 Å². The van der Waals surface area contributed by atoms with E-state index in [0.717, 1.165) is 25.9 Å². The molecule has 1 aliphatic heterocycles. The van der Waals surface area contributed by atoms with Crippen LogP contribution in [0.2, 0.25) is 0 Å². The summed E-state index contributed by atoms with van der Waals surface area (Å²) >= 11 is 0. The highest BCUT2D eigenvalue weighted by Crippen LogP contribution is 2.26. The van der Waals surface area contributed by atoms with Crippen LogP contribution in [0.15, 0.2) is 33.5 Å². The van der Waals surface area contributed by atoms with Gasteiger partial charge in [-0.3, -0.25) is 0 Å². The van der Waals surface area contributed by atoms with E-state index in [4.69, 9.17) is 9.15 Å². The molecule has 0 N–H and O–H groups in total. The average molecular weight is 289 g/mol. The second kappa shape index (κ2) is 6.13. The summed E-state index contributed by atoms with van der Waals surface area (Å²) in [4.78, 5) is 14.0. The Hall–Kier alpha value is -2.08. The molecule has 0 unspecified atom stereocenters. The molecule has 0 amide bonds. The van der Waals surface area contributed by atoms with Gasteiger partial charge in [-0.25, -0.2) is 4.79 Å². The molecule has 2 heterocycles. The smallest absolute Gasteiger partial charge is 0.390 e. The zero-order chi connectivity index (χ0) is 14.7. The minimum Gasteiger partial charge on any atom is -0.390 e. The summed E-state index contributed by atoms with van der Waals surface area (Å²) in [5.41, 5.74) is 2.63. The number of methoxy groups -OCH3 is 1. The van der Waals surface area contributed by atoms with E-state index in [1.54, 1.807) is 7.11 Å². The first-order valence-electron chi connectivity index (χ1n) is 7.16. The van der Waals surface area contributed by atoms with E-state index in [-0.39, 0.29) is 6.61 Å². The molecule has 0 fully saturated rings. The number of hydrogen-bond acceptors (Lipinski definition) is 5. The molecular formula is C15H19N3O3. The van der Waals surface area contributed by atoms with Gasteiger partial charge in [0.15, 0.2) is 0 Å². The van der Waals surface area contributed by atoms with Crippen molar-refractivity contribution in [1.82, 2.24) is 9.78 Å². The van der Waals surface area contributed by atoms with Crippen LogP contribution in [-0.4, -0.2) is 30.0 Å². The first-order chi connectivity index (χ1) is 10.3. The van der Waals surface area contributed by atoms with Gasteiger partial charge in [-0.2, -0.15) is 4.68 Å². The molecule has 1 aromatic heterocycles. The number of aryl methyl sites for hydroxylation is 1. The van der Waals surface area contributed by atoms with Gasteiger partial charge in [0.05, 0.1) is 6.54 Å². The third-order valence-corrected chi connectivity index (χ3v) is 3.70. The van der Waals surface area contributed by atoms with Crippen LogP contribution in [-0.2, 0) is 24.3 Å². The van der Waals surface area contributed by atoms with Crippen molar-refractivity contribution in [2.75, 3.05) is 25.1 Å². The summed E-state index contributed by atoms with van der Waals surface area (Å²) in [5.74, 6) is -0.103. The molecule has 112 valence electrons. The second-order valence-corrected chi connectivity index (χ2v) is 5.14. The van der Waals surface area contributed by atoms with Gasteiger partial charge in [-0.05, 0) is 24.5 Å². The molecule has 1 aliphatic rings. The molecule has 0 spiro atoms. The van der Waals surface area contributed by atoms with E-state index in [9.17, 15) is 4.79 Å². The van der Waals surface area contributed by atoms with Crippen LogP contribution in [0.1, 0.15) is 17.9 Å². The molecule has 0 saturated carbocycles. The lowest BCUT2D eigenvalue weighted by atomic mass is 10.0. The van der Waals surface area contributed by atoms with Gasteiger partial charge in [0.2, 0.25) is 5.89 Å². The quantitative estimate of drug-likeness (QED) is 0.833. The van der Waals surface area contributed by atoms with E-state index in [0.29, 0.717) is 12.4 Å². The third kappa shape index (κ3) is 3.00. The highest BCUT2D eigenvalue weighted by Gasteiger charge is 2.17. The van der Waals surface area contributed by atoms with Crippen LogP contribution in [0.5, 0.6) is 0 Å². The lowest BCUT2D eigenvalue weighted by Gasteiger charge is -2.31. The SMILES string of the molecule is COCc1nn(CCN2CCCc3ccccc32)c(=O)o1. The molecule has 0 aliphatic carbocycles. The van der Waals surface area contributed by atoms with Crippen molar-refractivity contribution in [1.29, 1.82) is 0 Å². The Labute approximate surface area is 122 Å². The molecule has 0 atom stereocenters. The van der Waals surface area contributed by atoms with E-state index in [1.807, 2.05) is 0 Å². The Kier molecular flexibility index (Phi) is 4.06.